The lowest BCUT2D eigenvalue weighted by Crippen LogP contribution is -2.51. The van der Waals surface area contributed by atoms with Crippen molar-refractivity contribution in [1.29, 1.82) is 0 Å². The molecule has 0 bridgehead atoms. The fourth-order valence-electron chi connectivity index (χ4n) is 4.32. The van der Waals surface area contributed by atoms with E-state index in [-0.39, 0.29) is 24.9 Å². The molecule has 0 aliphatic carbocycles. The fraction of sp³-hybridized carbons (Fsp3) is 0.500. The SMILES string of the molecule is CCCCC(F)(F)C[C@@H](/C=N/C(=O)NC)C(=O)N[C@@H](Cc1cc(F)cc(F)c1)[C@H](O)CNCc1cccc(CC)c1. The number of urea groups is 1. The lowest BCUT2D eigenvalue weighted by molar-refractivity contribution is -0.127. The van der Waals surface area contributed by atoms with E-state index < -0.39 is 60.4 Å². The molecule has 0 saturated heterocycles. The Morgan fingerprint density at radius 1 is 1.05 bits per heavy atom. The number of amides is 3. The van der Waals surface area contributed by atoms with Crippen molar-refractivity contribution in [2.45, 2.75) is 77.0 Å². The van der Waals surface area contributed by atoms with Crippen LogP contribution in [0.5, 0.6) is 0 Å². The Hall–Kier alpha value is -3.31. The van der Waals surface area contributed by atoms with E-state index in [1.54, 1.807) is 6.92 Å². The summed E-state index contributed by atoms with van der Waals surface area (Å²) in [5.41, 5.74) is 2.28. The molecule has 0 saturated carbocycles. The number of aryl methyl sites for hydroxylation is 1. The minimum Gasteiger partial charge on any atom is -0.390 e. The number of alkyl halides is 2. The van der Waals surface area contributed by atoms with Crippen molar-refractivity contribution < 1.29 is 32.3 Å². The van der Waals surface area contributed by atoms with Crippen molar-refractivity contribution in [2.75, 3.05) is 13.6 Å². The number of halogens is 4. The molecule has 41 heavy (non-hydrogen) atoms. The van der Waals surface area contributed by atoms with Crippen LogP contribution in [0.3, 0.4) is 0 Å². The van der Waals surface area contributed by atoms with Crippen LogP contribution in [-0.2, 0) is 24.2 Å². The Kier molecular flexibility index (Phi) is 13.9. The lowest BCUT2D eigenvalue weighted by Gasteiger charge is -2.27. The highest BCUT2D eigenvalue weighted by atomic mass is 19.3. The molecule has 3 atom stereocenters. The summed E-state index contributed by atoms with van der Waals surface area (Å²) in [6.45, 7) is 4.20. The number of hydrogen-bond donors (Lipinski definition) is 4. The number of unbranched alkanes of at least 4 members (excludes halogenated alkanes) is 1. The van der Waals surface area contributed by atoms with Gasteiger partial charge >= 0.3 is 6.03 Å². The predicted molar refractivity (Wildman–Crippen MR) is 151 cm³/mol. The molecule has 0 aliphatic rings. The van der Waals surface area contributed by atoms with E-state index in [1.807, 2.05) is 31.2 Å². The zero-order valence-corrected chi connectivity index (χ0v) is 23.7. The molecule has 3 amide bonds. The van der Waals surface area contributed by atoms with Crippen molar-refractivity contribution >= 4 is 18.2 Å². The molecular weight excluding hydrogens is 540 g/mol. The van der Waals surface area contributed by atoms with Crippen LogP contribution in [0, 0.1) is 17.6 Å². The number of benzene rings is 2. The Morgan fingerprint density at radius 2 is 1.73 bits per heavy atom. The average Bonchev–Trinajstić information content (AvgIpc) is 2.93. The zero-order valence-electron chi connectivity index (χ0n) is 23.7. The molecule has 0 aliphatic heterocycles. The van der Waals surface area contributed by atoms with Gasteiger partial charge in [-0.3, -0.25) is 4.79 Å². The summed E-state index contributed by atoms with van der Waals surface area (Å²) in [6, 6.07) is 8.78. The topological polar surface area (TPSA) is 103 Å². The first-order valence-electron chi connectivity index (χ1n) is 13.8. The highest BCUT2D eigenvalue weighted by Gasteiger charge is 2.36. The highest BCUT2D eigenvalue weighted by Crippen LogP contribution is 2.29. The van der Waals surface area contributed by atoms with Gasteiger partial charge in [-0.2, -0.15) is 0 Å². The largest absolute Gasteiger partial charge is 0.390 e. The predicted octanol–water partition coefficient (Wildman–Crippen LogP) is 4.95. The van der Waals surface area contributed by atoms with Crippen LogP contribution in [0.4, 0.5) is 22.4 Å². The van der Waals surface area contributed by atoms with Gasteiger partial charge in [-0.25, -0.2) is 27.3 Å². The third-order valence-corrected chi connectivity index (χ3v) is 6.59. The van der Waals surface area contributed by atoms with Crippen molar-refractivity contribution in [3.8, 4) is 0 Å². The van der Waals surface area contributed by atoms with Gasteiger partial charge < -0.3 is 21.1 Å². The first kappa shape index (κ1) is 33.9. The highest BCUT2D eigenvalue weighted by molar-refractivity contribution is 5.97. The summed E-state index contributed by atoms with van der Waals surface area (Å²) in [6.07, 6.45) is -0.284. The Bertz CT molecular complexity index is 1140. The molecule has 0 unspecified atom stereocenters. The number of carbonyl (C=O) groups is 2. The number of aliphatic imine (C=N–C) groups is 1. The lowest BCUT2D eigenvalue weighted by atomic mass is 9.95. The number of carbonyl (C=O) groups excluding carboxylic acids is 2. The molecule has 0 spiro atoms. The van der Waals surface area contributed by atoms with E-state index in [1.165, 1.54) is 7.05 Å². The van der Waals surface area contributed by atoms with Crippen molar-refractivity contribution in [1.82, 2.24) is 16.0 Å². The number of nitrogens with one attached hydrogen (secondary N) is 3. The maximum atomic E-state index is 14.7. The molecule has 11 heteroatoms. The molecule has 2 aromatic carbocycles. The van der Waals surface area contributed by atoms with Gasteiger partial charge in [0.15, 0.2) is 0 Å². The summed E-state index contributed by atoms with van der Waals surface area (Å²) in [4.78, 5) is 28.4. The second-order valence-corrected chi connectivity index (χ2v) is 10.1. The molecule has 0 heterocycles. The molecule has 7 nitrogen and oxygen atoms in total. The van der Waals surface area contributed by atoms with Gasteiger partial charge in [-0.05, 0) is 48.1 Å². The minimum atomic E-state index is -3.21. The molecule has 2 rings (SSSR count). The molecule has 2 aromatic rings. The summed E-state index contributed by atoms with van der Waals surface area (Å²) >= 11 is 0. The number of hydrogen-bond acceptors (Lipinski definition) is 4. The summed E-state index contributed by atoms with van der Waals surface area (Å²) in [5, 5.41) is 18.9. The van der Waals surface area contributed by atoms with Crippen LogP contribution in [0.2, 0.25) is 0 Å². The Labute approximate surface area is 238 Å². The fourth-order valence-corrected chi connectivity index (χ4v) is 4.32. The third-order valence-electron chi connectivity index (χ3n) is 6.59. The van der Waals surface area contributed by atoms with E-state index in [0.29, 0.717) is 19.0 Å². The maximum Gasteiger partial charge on any atom is 0.340 e. The quantitative estimate of drug-likeness (QED) is 0.167. The standard InChI is InChI=1S/C30H40F4N4O3/c1-4-6-10-30(33,34)16-23(18-37-29(41)35-3)28(40)38-26(14-22-12-24(31)15-25(32)13-22)27(39)19-36-17-21-9-7-8-20(5-2)11-21/h7-9,11-13,15,18,23,26-27,36,39H,4-6,10,14,16-17,19H2,1-3H3,(H,35,41)(H,38,40)/b37-18+/t23-,26-,27+/m0/s1. The van der Waals surface area contributed by atoms with Crippen LogP contribution >= 0.6 is 0 Å². The second-order valence-electron chi connectivity index (χ2n) is 10.1. The first-order chi connectivity index (χ1) is 19.5. The van der Waals surface area contributed by atoms with E-state index >= 15 is 0 Å². The van der Waals surface area contributed by atoms with E-state index in [4.69, 9.17) is 0 Å². The number of aliphatic hydroxyl groups is 1. The van der Waals surface area contributed by atoms with Gasteiger partial charge in [-0.15, -0.1) is 0 Å². The number of rotatable bonds is 16. The van der Waals surface area contributed by atoms with Crippen LogP contribution in [0.1, 0.15) is 56.2 Å². The molecule has 4 N–H and O–H groups in total. The maximum absolute atomic E-state index is 14.7. The monoisotopic (exact) mass is 580 g/mol. The number of nitrogens with zero attached hydrogens (tertiary/aromatic N) is 1. The zero-order chi connectivity index (χ0) is 30.4. The van der Waals surface area contributed by atoms with Crippen molar-refractivity contribution in [2.24, 2.45) is 10.9 Å². The summed E-state index contributed by atoms with van der Waals surface area (Å²) < 4.78 is 57.1. The van der Waals surface area contributed by atoms with Gasteiger partial charge in [0.25, 0.3) is 0 Å². The van der Waals surface area contributed by atoms with Gasteiger partial charge in [0.1, 0.15) is 11.6 Å². The normalized spacial score (nSPS) is 14.0. The molecule has 0 aromatic heterocycles. The second kappa shape index (κ2) is 16.8. The smallest absolute Gasteiger partial charge is 0.340 e. The van der Waals surface area contributed by atoms with Crippen LogP contribution in [0.15, 0.2) is 47.5 Å². The number of aliphatic hydroxyl groups excluding tert-OH is 1. The van der Waals surface area contributed by atoms with Crippen molar-refractivity contribution in [3.63, 3.8) is 0 Å². The molecule has 0 fully saturated rings. The van der Waals surface area contributed by atoms with Gasteiger partial charge in [0.2, 0.25) is 11.8 Å². The van der Waals surface area contributed by atoms with E-state index in [9.17, 15) is 32.3 Å². The van der Waals surface area contributed by atoms with Crippen LogP contribution < -0.4 is 16.0 Å². The Balaban J connectivity index is 2.25. The van der Waals surface area contributed by atoms with E-state index in [2.05, 4.69) is 20.9 Å². The summed E-state index contributed by atoms with van der Waals surface area (Å²) in [7, 11) is 1.31. The van der Waals surface area contributed by atoms with Gasteiger partial charge in [-0.1, -0.05) is 44.5 Å². The van der Waals surface area contributed by atoms with Crippen molar-refractivity contribution in [3.05, 3.63) is 70.8 Å². The average molecular weight is 581 g/mol. The third kappa shape index (κ3) is 12.4. The van der Waals surface area contributed by atoms with Gasteiger partial charge in [0, 0.05) is 45.3 Å². The first-order valence-corrected chi connectivity index (χ1v) is 13.8. The molecule has 0 radical (unpaired) electrons. The minimum absolute atomic E-state index is 0.0112. The summed E-state index contributed by atoms with van der Waals surface area (Å²) in [5.74, 6) is -7.27. The van der Waals surface area contributed by atoms with Gasteiger partial charge in [0.05, 0.1) is 18.1 Å². The Morgan fingerprint density at radius 3 is 2.37 bits per heavy atom. The van der Waals surface area contributed by atoms with E-state index in [0.717, 1.165) is 35.9 Å². The van der Waals surface area contributed by atoms with Crippen LogP contribution in [0.25, 0.3) is 0 Å². The molecule has 226 valence electrons. The molecular formula is C30H40F4N4O3. The van der Waals surface area contributed by atoms with Crippen LogP contribution in [-0.4, -0.2) is 54.9 Å².